The summed E-state index contributed by atoms with van der Waals surface area (Å²) in [6, 6.07) is 4.45. The van der Waals surface area contributed by atoms with Crippen molar-refractivity contribution >= 4 is 5.91 Å². The van der Waals surface area contributed by atoms with Gasteiger partial charge in [0.05, 0.1) is 0 Å². The maximum Gasteiger partial charge on any atom is 0.230 e. The van der Waals surface area contributed by atoms with E-state index in [1.54, 1.807) is 12.4 Å². The fourth-order valence-electron chi connectivity index (χ4n) is 3.89. The smallest absolute Gasteiger partial charge is 0.230 e. The second-order valence-corrected chi connectivity index (χ2v) is 7.55. The Morgan fingerprint density at radius 2 is 2.07 bits per heavy atom. The van der Waals surface area contributed by atoms with Crippen LogP contribution in [0.5, 0.6) is 0 Å². The molecule has 0 radical (unpaired) electrons. The molecule has 1 N–H and O–H groups in total. The van der Waals surface area contributed by atoms with Crippen LogP contribution in [-0.4, -0.2) is 51.6 Å². The molecule has 7 nitrogen and oxygen atoms in total. The summed E-state index contributed by atoms with van der Waals surface area (Å²) in [6.45, 7) is 2.56. The van der Waals surface area contributed by atoms with E-state index in [1.807, 2.05) is 12.1 Å². The summed E-state index contributed by atoms with van der Waals surface area (Å²) in [5.74, 6) is 1.55. The van der Waals surface area contributed by atoms with Crippen LogP contribution < -0.4 is 5.32 Å². The van der Waals surface area contributed by atoms with Crippen molar-refractivity contribution < 1.29 is 9.32 Å². The molecule has 2 aliphatic rings. The van der Waals surface area contributed by atoms with E-state index >= 15 is 0 Å². The zero-order chi connectivity index (χ0) is 18.5. The molecule has 27 heavy (non-hydrogen) atoms. The Labute approximate surface area is 159 Å². The van der Waals surface area contributed by atoms with Gasteiger partial charge < -0.3 is 9.84 Å². The number of hydrogen-bond acceptors (Lipinski definition) is 6. The molecule has 0 bridgehead atoms. The van der Waals surface area contributed by atoms with Gasteiger partial charge in [0.2, 0.25) is 17.6 Å². The van der Waals surface area contributed by atoms with Crippen molar-refractivity contribution in [1.29, 1.82) is 0 Å². The first-order valence-corrected chi connectivity index (χ1v) is 10.0. The van der Waals surface area contributed by atoms with E-state index in [0.717, 1.165) is 37.9 Å². The number of rotatable bonds is 3. The molecule has 2 fully saturated rings. The number of nitrogens with zero attached hydrogens (tertiary/aromatic N) is 4. The van der Waals surface area contributed by atoms with Gasteiger partial charge in [-0.1, -0.05) is 11.6 Å². The zero-order valence-electron chi connectivity index (χ0n) is 15.6. The lowest BCUT2D eigenvalue weighted by molar-refractivity contribution is -0.121. The Kier molecular flexibility index (Phi) is 5.77. The average molecular weight is 369 g/mol. The number of hydrogen-bond donors (Lipinski definition) is 1. The van der Waals surface area contributed by atoms with Crippen molar-refractivity contribution in [3.8, 4) is 11.4 Å². The van der Waals surface area contributed by atoms with Gasteiger partial charge in [0, 0.05) is 49.4 Å². The summed E-state index contributed by atoms with van der Waals surface area (Å²) in [6.07, 6.45) is 10.8. The molecule has 1 saturated heterocycles. The number of aromatic nitrogens is 3. The average Bonchev–Trinajstić information content (AvgIpc) is 3.12. The minimum absolute atomic E-state index is 0.140. The predicted molar refractivity (Wildman–Crippen MR) is 101 cm³/mol. The lowest BCUT2D eigenvalue weighted by atomic mass is 9.90. The largest absolute Gasteiger partial charge is 0.356 e. The maximum absolute atomic E-state index is 12.1. The van der Waals surface area contributed by atoms with E-state index in [-0.39, 0.29) is 11.8 Å². The highest BCUT2D eigenvalue weighted by atomic mass is 16.5. The van der Waals surface area contributed by atoms with Crippen molar-refractivity contribution in [2.45, 2.75) is 56.9 Å². The lowest BCUT2D eigenvalue weighted by Crippen LogP contribution is -2.42. The molecule has 0 spiro atoms. The van der Waals surface area contributed by atoms with E-state index < -0.39 is 0 Å². The summed E-state index contributed by atoms with van der Waals surface area (Å²) in [7, 11) is 0. The summed E-state index contributed by atoms with van der Waals surface area (Å²) in [5, 5.41) is 7.18. The predicted octanol–water partition coefficient (Wildman–Crippen LogP) is 2.76. The van der Waals surface area contributed by atoms with Crippen LogP contribution in [-0.2, 0) is 4.79 Å². The topological polar surface area (TPSA) is 84.2 Å². The van der Waals surface area contributed by atoms with Crippen LogP contribution in [0, 0.1) is 0 Å². The number of amides is 1. The van der Waals surface area contributed by atoms with Crippen molar-refractivity contribution in [3.05, 3.63) is 30.4 Å². The van der Waals surface area contributed by atoms with Crippen LogP contribution in [0.25, 0.3) is 11.4 Å². The summed E-state index contributed by atoms with van der Waals surface area (Å²) >= 11 is 0. The van der Waals surface area contributed by atoms with Gasteiger partial charge in [-0.2, -0.15) is 4.98 Å². The van der Waals surface area contributed by atoms with E-state index in [9.17, 15) is 4.79 Å². The molecule has 1 aliphatic heterocycles. The van der Waals surface area contributed by atoms with Gasteiger partial charge in [0.1, 0.15) is 0 Å². The first-order chi connectivity index (χ1) is 13.3. The van der Waals surface area contributed by atoms with Crippen molar-refractivity contribution in [2.75, 3.05) is 19.6 Å². The molecule has 0 aromatic carbocycles. The van der Waals surface area contributed by atoms with E-state index in [2.05, 4.69) is 25.3 Å². The molecule has 1 amide bonds. The highest BCUT2D eigenvalue weighted by Gasteiger charge is 2.27. The van der Waals surface area contributed by atoms with Crippen molar-refractivity contribution in [3.63, 3.8) is 0 Å². The SMILES string of the molecule is O=C1CCN(C2CCC2)CCCC(c2nc(-c3cccnc3)no2)CCN1. The minimum Gasteiger partial charge on any atom is -0.356 e. The third-order valence-corrected chi connectivity index (χ3v) is 5.74. The summed E-state index contributed by atoms with van der Waals surface area (Å²) < 4.78 is 5.58. The molecular formula is C20H27N5O2. The first kappa shape index (κ1) is 18.1. The van der Waals surface area contributed by atoms with Crippen LogP contribution in [0.2, 0.25) is 0 Å². The molecule has 144 valence electrons. The normalized spacial score (nSPS) is 23.3. The third-order valence-electron chi connectivity index (χ3n) is 5.74. The Balaban J connectivity index is 1.45. The second-order valence-electron chi connectivity index (χ2n) is 7.55. The maximum atomic E-state index is 12.1. The quantitative estimate of drug-likeness (QED) is 0.896. The number of carbonyl (C=O) groups excluding carboxylic acids is 1. The first-order valence-electron chi connectivity index (χ1n) is 10.0. The van der Waals surface area contributed by atoms with Gasteiger partial charge in [0.25, 0.3) is 0 Å². The molecular weight excluding hydrogens is 342 g/mol. The second kappa shape index (κ2) is 8.61. The molecule has 4 rings (SSSR count). The monoisotopic (exact) mass is 369 g/mol. The lowest BCUT2D eigenvalue weighted by Gasteiger charge is -2.37. The van der Waals surface area contributed by atoms with Crippen molar-refractivity contribution in [1.82, 2.24) is 25.3 Å². The van der Waals surface area contributed by atoms with Gasteiger partial charge in [0.15, 0.2) is 0 Å². The summed E-state index contributed by atoms with van der Waals surface area (Å²) in [5.41, 5.74) is 0.855. The van der Waals surface area contributed by atoms with E-state index in [1.165, 1.54) is 19.3 Å². The number of carbonyl (C=O) groups is 1. The van der Waals surface area contributed by atoms with E-state index in [0.29, 0.717) is 30.7 Å². The van der Waals surface area contributed by atoms with Crippen molar-refractivity contribution in [2.24, 2.45) is 0 Å². The fourth-order valence-corrected chi connectivity index (χ4v) is 3.89. The van der Waals surface area contributed by atoms with Crippen LogP contribution in [0.15, 0.2) is 29.0 Å². The number of nitrogens with one attached hydrogen (secondary N) is 1. The molecule has 1 atom stereocenters. The van der Waals surface area contributed by atoms with Gasteiger partial charge in [-0.3, -0.25) is 14.7 Å². The molecule has 7 heteroatoms. The summed E-state index contributed by atoms with van der Waals surface area (Å²) in [4.78, 5) is 23.3. The highest BCUT2D eigenvalue weighted by molar-refractivity contribution is 5.76. The van der Waals surface area contributed by atoms with Crippen LogP contribution >= 0.6 is 0 Å². The van der Waals surface area contributed by atoms with Gasteiger partial charge in [-0.05, 0) is 50.8 Å². The van der Waals surface area contributed by atoms with E-state index in [4.69, 9.17) is 4.52 Å². The minimum atomic E-state index is 0.140. The Morgan fingerprint density at radius 1 is 1.15 bits per heavy atom. The highest BCUT2D eigenvalue weighted by Crippen LogP contribution is 2.29. The molecule has 1 aliphatic carbocycles. The molecule has 3 heterocycles. The number of pyridine rings is 1. The molecule has 2 aromatic rings. The zero-order valence-corrected chi connectivity index (χ0v) is 15.6. The third kappa shape index (κ3) is 4.53. The fraction of sp³-hybridized carbons (Fsp3) is 0.600. The Hall–Kier alpha value is -2.28. The van der Waals surface area contributed by atoms with Crippen LogP contribution in [0.1, 0.15) is 56.8 Å². The Bertz CT molecular complexity index is 744. The molecule has 2 aromatic heterocycles. The van der Waals surface area contributed by atoms with Crippen LogP contribution in [0.3, 0.4) is 0 Å². The van der Waals surface area contributed by atoms with Crippen LogP contribution in [0.4, 0.5) is 0 Å². The van der Waals surface area contributed by atoms with Gasteiger partial charge in [-0.25, -0.2) is 0 Å². The molecule has 1 saturated carbocycles. The van der Waals surface area contributed by atoms with Gasteiger partial charge in [-0.15, -0.1) is 0 Å². The standard InChI is InChI=1S/C20H27N5O2/c26-18-9-13-25(17-6-1-7-17)12-3-5-15(8-11-22-18)20-23-19(24-27-20)16-4-2-10-21-14-16/h2,4,10,14-15,17H,1,3,5-9,11-13H2,(H,22,26). The van der Waals surface area contributed by atoms with Gasteiger partial charge >= 0.3 is 0 Å². The Morgan fingerprint density at radius 3 is 2.85 bits per heavy atom. The molecule has 1 unspecified atom stereocenters.